The number of fused-ring (bicyclic) bond motifs is 3. The van der Waals surface area contributed by atoms with Crippen molar-refractivity contribution in [1.82, 2.24) is 4.57 Å². The van der Waals surface area contributed by atoms with E-state index in [0.29, 0.717) is 0 Å². The van der Waals surface area contributed by atoms with Crippen LogP contribution in [0.2, 0.25) is 0 Å². The molecule has 0 N–H and O–H groups in total. The monoisotopic (exact) mass is 253 g/mol. The second-order valence-corrected chi connectivity index (χ2v) is 4.76. The van der Waals surface area contributed by atoms with Gasteiger partial charge in [-0.2, -0.15) is 0 Å². The van der Waals surface area contributed by atoms with Gasteiger partial charge in [-0.3, -0.25) is 9.36 Å². The van der Waals surface area contributed by atoms with Crippen LogP contribution in [0.3, 0.4) is 0 Å². The summed E-state index contributed by atoms with van der Waals surface area (Å²) < 4.78 is 7.03. The lowest BCUT2D eigenvalue weighted by molar-refractivity contribution is 0.0946. The van der Waals surface area contributed by atoms with Crippen molar-refractivity contribution in [2.75, 3.05) is 7.11 Å². The summed E-state index contributed by atoms with van der Waals surface area (Å²) in [5.41, 5.74) is 3.05. The Balaban J connectivity index is 2.53. The Labute approximate surface area is 111 Å². The zero-order valence-electron chi connectivity index (χ0n) is 11.2. The topological polar surface area (TPSA) is 31.2 Å². The minimum absolute atomic E-state index is 0.0222. The summed E-state index contributed by atoms with van der Waals surface area (Å²) in [4.78, 5) is 11.9. The molecule has 2 aromatic carbocycles. The van der Waals surface area contributed by atoms with Gasteiger partial charge in [0.15, 0.2) is 0 Å². The second kappa shape index (κ2) is 4.12. The van der Waals surface area contributed by atoms with Crippen molar-refractivity contribution in [3.05, 3.63) is 42.0 Å². The maximum Gasteiger partial charge on any atom is 0.228 e. The molecular weight excluding hydrogens is 238 g/mol. The first kappa shape index (κ1) is 11.8. The van der Waals surface area contributed by atoms with Crippen LogP contribution in [-0.2, 0) is 0 Å². The molecule has 3 rings (SSSR count). The van der Waals surface area contributed by atoms with Crippen LogP contribution in [0.4, 0.5) is 0 Å². The normalized spacial score (nSPS) is 11.1. The SMILES string of the molecule is COc1ccc2c(c1)c1cc(C)ccc1n2C(C)=O. The molecule has 0 fully saturated rings. The molecule has 19 heavy (non-hydrogen) atoms. The van der Waals surface area contributed by atoms with E-state index in [0.717, 1.165) is 27.6 Å². The van der Waals surface area contributed by atoms with Crippen LogP contribution >= 0.6 is 0 Å². The van der Waals surface area contributed by atoms with E-state index in [1.165, 1.54) is 5.56 Å². The van der Waals surface area contributed by atoms with Crippen LogP contribution in [0.15, 0.2) is 36.4 Å². The molecule has 3 aromatic rings. The smallest absolute Gasteiger partial charge is 0.228 e. The van der Waals surface area contributed by atoms with Gasteiger partial charge in [0.1, 0.15) is 5.75 Å². The van der Waals surface area contributed by atoms with Crippen LogP contribution in [0.1, 0.15) is 17.3 Å². The van der Waals surface area contributed by atoms with Gasteiger partial charge in [0, 0.05) is 17.7 Å². The van der Waals surface area contributed by atoms with Crippen molar-refractivity contribution in [1.29, 1.82) is 0 Å². The minimum atomic E-state index is 0.0222. The molecular formula is C16H15NO2. The van der Waals surface area contributed by atoms with Crippen LogP contribution in [0.25, 0.3) is 21.8 Å². The quantitative estimate of drug-likeness (QED) is 0.661. The van der Waals surface area contributed by atoms with Gasteiger partial charge in [0.05, 0.1) is 18.1 Å². The van der Waals surface area contributed by atoms with Gasteiger partial charge in [-0.25, -0.2) is 0 Å². The molecule has 0 aliphatic carbocycles. The zero-order valence-corrected chi connectivity index (χ0v) is 11.2. The fourth-order valence-electron chi connectivity index (χ4n) is 2.58. The Hall–Kier alpha value is -2.29. The predicted octanol–water partition coefficient (Wildman–Crippen LogP) is 3.77. The number of ether oxygens (including phenoxy) is 1. The molecule has 0 saturated carbocycles. The average molecular weight is 253 g/mol. The lowest BCUT2D eigenvalue weighted by Gasteiger charge is -2.02. The number of hydrogen-bond acceptors (Lipinski definition) is 2. The van der Waals surface area contributed by atoms with Gasteiger partial charge in [-0.05, 0) is 37.3 Å². The molecule has 0 amide bonds. The summed E-state index contributed by atoms with van der Waals surface area (Å²) in [5.74, 6) is 0.825. The van der Waals surface area contributed by atoms with E-state index >= 15 is 0 Å². The highest BCUT2D eigenvalue weighted by molar-refractivity contribution is 6.13. The molecule has 0 bridgehead atoms. The summed E-state index contributed by atoms with van der Waals surface area (Å²) >= 11 is 0. The Morgan fingerprint density at radius 1 is 1.05 bits per heavy atom. The van der Waals surface area contributed by atoms with Gasteiger partial charge in [-0.1, -0.05) is 11.6 Å². The first-order valence-corrected chi connectivity index (χ1v) is 6.21. The third-order valence-corrected chi connectivity index (χ3v) is 3.44. The number of aromatic nitrogens is 1. The van der Waals surface area contributed by atoms with Crippen LogP contribution in [0.5, 0.6) is 5.75 Å². The number of carbonyl (C=O) groups is 1. The molecule has 0 unspecified atom stereocenters. The fraction of sp³-hybridized carbons (Fsp3) is 0.188. The van der Waals surface area contributed by atoms with Crippen molar-refractivity contribution >= 4 is 27.7 Å². The molecule has 0 aliphatic heterocycles. The lowest BCUT2D eigenvalue weighted by atomic mass is 10.1. The molecule has 0 spiro atoms. The summed E-state index contributed by atoms with van der Waals surface area (Å²) in [5, 5.41) is 2.14. The Morgan fingerprint density at radius 3 is 2.32 bits per heavy atom. The molecule has 3 heteroatoms. The van der Waals surface area contributed by atoms with Gasteiger partial charge in [0.25, 0.3) is 0 Å². The Morgan fingerprint density at radius 2 is 1.68 bits per heavy atom. The first-order valence-electron chi connectivity index (χ1n) is 6.21. The van der Waals surface area contributed by atoms with Crippen molar-refractivity contribution < 1.29 is 9.53 Å². The van der Waals surface area contributed by atoms with Crippen molar-refractivity contribution in [2.45, 2.75) is 13.8 Å². The predicted molar refractivity (Wildman–Crippen MR) is 77.0 cm³/mol. The van der Waals surface area contributed by atoms with Gasteiger partial charge < -0.3 is 4.74 Å². The Kier molecular flexibility index (Phi) is 2.56. The first-order chi connectivity index (χ1) is 9.11. The number of carbonyl (C=O) groups excluding carboxylic acids is 1. The van der Waals surface area contributed by atoms with Crippen molar-refractivity contribution in [2.24, 2.45) is 0 Å². The number of benzene rings is 2. The highest BCUT2D eigenvalue weighted by Gasteiger charge is 2.13. The second-order valence-electron chi connectivity index (χ2n) is 4.76. The highest BCUT2D eigenvalue weighted by atomic mass is 16.5. The largest absolute Gasteiger partial charge is 0.497 e. The van der Waals surface area contributed by atoms with E-state index in [4.69, 9.17) is 4.74 Å². The lowest BCUT2D eigenvalue weighted by Crippen LogP contribution is -2.04. The molecule has 0 saturated heterocycles. The van der Waals surface area contributed by atoms with E-state index in [2.05, 4.69) is 13.0 Å². The summed E-state index contributed by atoms with van der Waals surface area (Å²) in [6, 6.07) is 11.9. The van der Waals surface area contributed by atoms with E-state index in [1.54, 1.807) is 18.6 Å². The number of rotatable bonds is 1. The number of aryl methyl sites for hydroxylation is 1. The molecule has 1 aromatic heterocycles. The van der Waals surface area contributed by atoms with Gasteiger partial charge in [-0.15, -0.1) is 0 Å². The number of methoxy groups -OCH3 is 1. The van der Waals surface area contributed by atoms with Gasteiger partial charge >= 0.3 is 0 Å². The summed E-state index contributed by atoms with van der Waals surface area (Å²) in [6.45, 7) is 3.64. The average Bonchev–Trinajstić information content (AvgIpc) is 2.71. The summed E-state index contributed by atoms with van der Waals surface area (Å²) in [6.07, 6.45) is 0. The maximum atomic E-state index is 11.9. The number of hydrogen-bond donors (Lipinski definition) is 0. The third kappa shape index (κ3) is 1.70. The van der Waals surface area contributed by atoms with E-state index in [1.807, 2.05) is 30.3 Å². The molecule has 0 radical (unpaired) electrons. The Bertz CT molecular complexity index is 799. The van der Waals surface area contributed by atoms with E-state index in [9.17, 15) is 4.79 Å². The number of nitrogens with zero attached hydrogens (tertiary/aromatic N) is 1. The van der Waals surface area contributed by atoms with E-state index < -0.39 is 0 Å². The molecule has 0 atom stereocenters. The summed E-state index contributed by atoms with van der Waals surface area (Å²) in [7, 11) is 1.65. The maximum absolute atomic E-state index is 11.9. The fourth-order valence-corrected chi connectivity index (χ4v) is 2.58. The molecule has 0 aliphatic rings. The standard InChI is InChI=1S/C16H15NO2/c1-10-4-6-15-13(8-10)14-9-12(19-3)5-7-16(14)17(15)11(2)18/h4-9H,1-3H3. The molecule has 96 valence electrons. The molecule has 1 heterocycles. The van der Waals surface area contributed by atoms with E-state index in [-0.39, 0.29) is 5.91 Å². The van der Waals surface area contributed by atoms with Crippen molar-refractivity contribution in [3.63, 3.8) is 0 Å². The minimum Gasteiger partial charge on any atom is -0.497 e. The molecule has 3 nitrogen and oxygen atoms in total. The zero-order chi connectivity index (χ0) is 13.6. The van der Waals surface area contributed by atoms with Crippen LogP contribution < -0.4 is 4.74 Å². The third-order valence-electron chi connectivity index (χ3n) is 3.44. The van der Waals surface area contributed by atoms with Crippen molar-refractivity contribution in [3.8, 4) is 5.75 Å². The highest BCUT2D eigenvalue weighted by Crippen LogP contribution is 2.32. The van der Waals surface area contributed by atoms with Gasteiger partial charge in [0.2, 0.25) is 5.91 Å². The van der Waals surface area contributed by atoms with Crippen LogP contribution in [-0.4, -0.2) is 17.6 Å². The van der Waals surface area contributed by atoms with Crippen LogP contribution in [0, 0.1) is 6.92 Å².